The second kappa shape index (κ2) is 8.43. The lowest BCUT2D eigenvalue weighted by Crippen LogP contribution is -2.51. The second-order valence-electron chi connectivity index (χ2n) is 7.00. The molecule has 1 aliphatic carbocycles. The van der Waals surface area contributed by atoms with Gasteiger partial charge in [0.2, 0.25) is 5.91 Å². The van der Waals surface area contributed by atoms with E-state index >= 15 is 0 Å². The first kappa shape index (κ1) is 17.2. The number of carbonyl (C=O) groups excluding carboxylic acids is 2. The van der Waals surface area contributed by atoms with Gasteiger partial charge in [-0.1, -0.05) is 43.2 Å². The molecule has 4 heteroatoms. The highest BCUT2D eigenvalue weighted by molar-refractivity contribution is 5.96. The second-order valence-corrected chi connectivity index (χ2v) is 7.00. The predicted octanol–water partition coefficient (Wildman–Crippen LogP) is 3.13. The van der Waals surface area contributed by atoms with Gasteiger partial charge in [-0.05, 0) is 19.3 Å². The number of hydrogen-bond acceptors (Lipinski definition) is 3. The molecule has 1 saturated carbocycles. The summed E-state index contributed by atoms with van der Waals surface area (Å²) in [5.74, 6) is 0.344. The van der Waals surface area contributed by atoms with Gasteiger partial charge in [-0.2, -0.15) is 0 Å². The van der Waals surface area contributed by atoms with Crippen LogP contribution in [0, 0.1) is 0 Å². The van der Waals surface area contributed by atoms with Crippen LogP contribution in [0.5, 0.6) is 0 Å². The average molecular weight is 328 g/mol. The summed E-state index contributed by atoms with van der Waals surface area (Å²) in [5, 5.41) is 0. The summed E-state index contributed by atoms with van der Waals surface area (Å²) in [4.78, 5) is 29.0. The van der Waals surface area contributed by atoms with Crippen molar-refractivity contribution in [2.24, 2.45) is 0 Å². The number of rotatable bonds is 6. The molecule has 1 aromatic carbocycles. The summed E-state index contributed by atoms with van der Waals surface area (Å²) in [6.07, 6.45) is 6.97. The van der Waals surface area contributed by atoms with Crippen molar-refractivity contribution in [3.05, 3.63) is 35.9 Å². The van der Waals surface area contributed by atoms with Crippen LogP contribution in [-0.2, 0) is 4.79 Å². The Hall–Kier alpha value is -1.68. The fourth-order valence-corrected chi connectivity index (χ4v) is 3.93. The van der Waals surface area contributed by atoms with E-state index in [4.69, 9.17) is 0 Å². The van der Waals surface area contributed by atoms with Crippen molar-refractivity contribution < 1.29 is 9.59 Å². The first-order chi connectivity index (χ1) is 11.7. The van der Waals surface area contributed by atoms with Crippen LogP contribution in [0.25, 0.3) is 0 Å². The Morgan fingerprint density at radius 2 is 1.58 bits per heavy atom. The molecule has 0 radical (unpaired) electrons. The predicted molar refractivity (Wildman–Crippen MR) is 95.0 cm³/mol. The molecule has 0 bridgehead atoms. The first-order valence-corrected chi connectivity index (χ1v) is 9.34. The molecule has 1 amide bonds. The highest BCUT2D eigenvalue weighted by Crippen LogP contribution is 2.24. The number of ketones is 1. The minimum Gasteiger partial charge on any atom is -0.340 e. The Morgan fingerprint density at radius 3 is 2.25 bits per heavy atom. The fourth-order valence-electron chi connectivity index (χ4n) is 3.93. The normalized spacial score (nSPS) is 19.6. The number of piperazine rings is 1. The number of amides is 1. The maximum atomic E-state index is 12.3. The van der Waals surface area contributed by atoms with Crippen molar-refractivity contribution >= 4 is 11.7 Å². The van der Waals surface area contributed by atoms with E-state index in [1.807, 2.05) is 35.2 Å². The van der Waals surface area contributed by atoms with Gasteiger partial charge in [0.1, 0.15) is 0 Å². The maximum absolute atomic E-state index is 12.3. The Kier molecular flexibility index (Phi) is 6.02. The molecular weight excluding hydrogens is 300 g/mol. The summed E-state index contributed by atoms with van der Waals surface area (Å²) >= 11 is 0. The van der Waals surface area contributed by atoms with E-state index in [0.717, 1.165) is 37.8 Å². The van der Waals surface area contributed by atoms with E-state index in [0.29, 0.717) is 19.3 Å². The minimum atomic E-state index is 0.134. The van der Waals surface area contributed by atoms with Gasteiger partial charge in [0, 0.05) is 50.6 Å². The number of nitrogens with zero attached hydrogens (tertiary/aromatic N) is 2. The molecular formula is C20H28N2O2. The summed E-state index contributed by atoms with van der Waals surface area (Å²) in [6.45, 7) is 3.72. The van der Waals surface area contributed by atoms with E-state index in [2.05, 4.69) is 4.90 Å². The molecule has 24 heavy (non-hydrogen) atoms. The van der Waals surface area contributed by atoms with Crippen molar-refractivity contribution in [3.8, 4) is 0 Å². The monoisotopic (exact) mass is 328 g/mol. The van der Waals surface area contributed by atoms with Crippen molar-refractivity contribution in [2.45, 2.75) is 51.0 Å². The molecule has 2 fully saturated rings. The molecule has 1 heterocycles. The Morgan fingerprint density at radius 1 is 0.917 bits per heavy atom. The summed E-state index contributed by atoms with van der Waals surface area (Å²) < 4.78 is 0. The number of benzene rings is 1. The molecule has 1 aromatic rings. The number of carbonyl (C=O) groups is 2. The molecule has 0 aromatic heterocycles. The van der Waals surface area contributed by atoms with Crippen LogP contribution in [0.2, 0.25) is 0 Å². The van der Waals surface area contributed by atoms with Crippen molar-refractivity contribution in [2.75, 3.05) is 26.2 Å². The van der Waals surface area contributed by atoms with Gasteiger partial charge in [0.25, 0.3) is 0 Å². The quantitative estimate of drug-likeness (QED) is 0.753. The highest BCUT2D eigenvalue weighted by atomic mass is 16.2. The number of Topliss-reactive ketones (excluding diaryl/α,β-unsaturated/α-hetero) is 1. The van der Waals surface area contributed by atoms with Crippen LogP contribution in [0.3, 0.4) is 0 Å². The van der Waals surface area contributed by atoms with E-state index in [1.165, 1.54) is 25.7 Å². The molecule has 4 nitrogen and oxygen atoms in total. The molecule has 1 aliphatic heterocycles. The third kappa shape index (κ3) is 4.44. The van der Waals surface area contributed by atoms with Gasteiger partial charge in [0.05, 0.1) is 0 Å². The minimum absolute atomic E-state index is 0.134. The van der Waals surface area contributed by atoms with Crippen LogP contribution in [-0.4, -0.2) is 53.7 Å². The topological polar surface area (TPSA) is 40.6 Å². The Labute approximate surface area is 144 Å². The largest absolute Gasteiger partial charge is 0.340 e. The van der Waals surface area contributed by atoms with Gasteiger partial charge < -0.3 is 4.90 Å². The Bertz CT molecular complexity index is 544. The highest BCUT2D eigenvalue weighted by Gasteiger charge is 2.27. The maximum Gasteiger partial charge on any atom is 0.222 e. The molecule has 0 atom stereocenters. The van der Waals surface area contributed by atoms with Gasteiger partial charge >= 0.3 is 0 Å². The van der Waals surface area contributed by atoms with Crippen LogP contribution < -0.4 is 0 Å². The van der Waals surface area contributed by atoms with Crippen LogP contribution in [0.15, 0.2) is 30.3 Å². The Balaban J connectivity index is 1.36. The third-order valence-electron chi connectivity index (χ3n) is 5.40. The molecule has 2 aliphatic rings. The molecule has 0 spiro atoms. The molecule has 0 N–H and O–H groups in total. The lowest BCUT2D eigenvalue weighted by Gasteiger charge is -2.38. The zero-order valence-corrected chi connectivity index (χ0v) is 14.5. The summed E-state index contributed by atoms with van der Waals surface area (Å²) in [6, 6.07) is 10.1. The average Bonchev–Trinajstić information content (AvgIpc) is 3.17. The molecule has 130 valence electrons. The van der Waals surface area contributed by atoms with Crippen LogP contribution in [0.4, 0.5) is 0 Å². The standard InChI is InChI=1S/C20H28N2O2/c23-19(17-7-2-1-3-8-17)11-6-12-20(24)22-15-13-21(14-16-22)18-9-4-5-10-18/h1-3,7-8,18H,4-6,9-16H2. The van der Waals surface area contributed by atoms with Crippen LogP contribution >= 0.6 is 0 Å². The van der Waals surface area contributed by atoms with Gasteiger partial charge in [0.15, 0.2) is 5.78 Å². The number of hydrogen-bond donors (Lipinski definition) is 0. The third-order valence-corrected chi connectivity index (χ3v) is 5.40. The van der Waals surface area contributed by atoms with Gasteiger partial charge in [-0.3, -0.25) is 14.5 Å². The zero-order chi connectivity index (χ0) is 16.8. The SMILES string of the molecule is O=C(CCCC(=O)N1CCN(C2CCCC2)CC1)c1ccccc1. The van der Waals surface area contributed by atoms with Crippen molar-refractivity contribution in [1.82, 2.24) is 9.80 Å². The molecule has 0 unspecified atom stereocenters. The summed E-state index contributed by atoms with van der Waals surface area (Å²) in [7, 11) is 0. The fraction of sp³-hybridized carbons (Fsp3) is 0.600. The first-order valence-electron chi connectivity index (χ1n) is 9.34. The van der Waals surface area contributed by atoms with E-state index in [-0.39, 0.29) is 11.7 Å². The van der Waals surface area contributed by atoms with Gasteiger partial charge in [-0.25, -0.2) is 0 Å². The van der Waals surface area contributed by atoms with E-state index in [9.17, 15) is 9.59 Å². The zero-order valence-electron chi connectivity index (χ0n) is 14.5. The molecule has 1 saturated heterocycles. The lowest BCUT2D eigenvalue weighted by molar-refractivity contribution is -0.133. The van der Waals surface area contributed by atoms with Crippen molar-refractivity contribution in [3.63, 3.8) is 0 Å². The van der Waals surface area contributed by atoms with E-state index < -0.39 is 0 Å². The van der Waals surface area contributed by atoms with Crippen molar-refractivity contribution in [1.29, 1.82) is 0 Å². The van der Waals surface area contributed by atoms with Gasteiger partial charge in [-0.15, -0.1) is 0 Å². The lowest BCUT2D eigenvalue weighted by atomic mass is 10.1. The van der Waals surface area contributed by atoms with E-state index in [1.54, 1.807) is 0 Å². The summed E-state index contributed by atoms with van der Waals surface area (Å²) in [5.41, 5.74) is 0.745. The molecule has 3 rings (SSSR count). The smallest absolute Gasteiger partial charge is 0.222 e. The van der Waals surface area contributed by atoms with Crippen LogP contribution in [0.1, 0.15) is 55.3 Å².